The molecule has 1 fully saturated rings. The Morgan fingerprint density at radius 2 is 2.00 bits per heavy atom. The smallest absolute Gasteiger partial charge is 0.248 e. The van der Waals surface area contributed by atoms with Crippen molar-refractivity contribution in [3.05, 3.63) is 66.0 Å². The molecule has 202 valence electrons. The predicted octanol–water partition coefficient (Wildman–Crippen LogP) is 3.77. The van der Waals surface area contributed by atoms with Crippen molar-refractivity contribution in [1.82, 2.24) is 24.8 Å². The number of carbonyl (C=O) groups is 1. The minimum atomic E-state index is -0.487. The SMILES string of the molecule is COc1cc2ncnc(Nc3cccc(Cl)c3OCc3cnccn3)c2cc1OC1CCN(C(=O)CO)CC1. The number of methoxy groups -OCH3 is 1. The van der Waals surface area contributed by atoms with Crippen molar-refractivity contribution in [2.75, 3.05) is 32.1 Å². The molecule has 0 unspecified atom stereocenters. The second-order valence-corrected chi connectivity index (χ2v) is 9.23. The summed E-state index contributed by atoms with van der Waals surface area (Å²) in [5, 5.41) is 13.6. The number of rotatable bonds is 9. The first-order valence-electron chi connectivity index (χ1n) is 12.4. The molecule has 2 aromatic carbocycles. The molecule has 1 saturated heterocycles. The Balaban J connectivity index is 1.40. The summed E-state index contributed by atoms with van der Waals surface area (Å²) in [6.45, 7) is 0.734. The van der Waals surface area contributed by atoms with Crippen LogP contribution in [-0.2, 0) is 11.4 Å². The van der Waals surface area contributed by atoms with Gasteiger partial charge in [-0.1, -0.05) is 17.7 Å². The topological polar surface area (TPSA) is 132 Å². The van der Waals surface area contributed by atoms with E-state index in [9.17, 15) is 4.79 Å². The molecule has 1 aliphatic rings. The van der Waals surface area contributed by atoms with Crippen molar-refractivity contribution in [1.29, 1.82) is 0 Å². The Bertz CT molecular complexity index is 1450. The third-order valence-corrected chi connectivity index (χ3v) is 6.64. The zero-order chi connectivity index (χ0) is 27.2. The molecule has 3 heterocycles. The van der Waals surface area contributed by atoms with E-state index in [2.05, 4.69) is 25.3 Å². The number of para-hydroxylation sites is 1. The fraction of sp³-hybridized carbons (Fsp3) is 0.296. The van der Waals surface area contributed by atoms with E-state index >= 15 is 0 Å². The summed E-state index contributed by atoms with van der Waals surface area (Å²) in [6.07, 6.45) is 7.45. The number of nitrogens with zero attached hydrogens (tertiary/aromatic N) is 5. The number of anilines is 2. The summed E-state index contributed by atoms with van der Waals surface area (Å²) in [7, 11) is 1.57. The van der Waals surface area contributed by atoms with Gasteiger partial charge in [-0.3, -0.25) is 14.8 Å². The van der Waals surface area contributed by atoms with Gasteiger partial charge < -0.3 is 29.5 Å². The summed E-state index contributed by atoms with van der Waals surface area (Å²) in [6, 6.07) is 9.04. The van der Waals surface area contributed by atoms with Crippen LogP contribution < -0.4 is 19.5 Å². The van der Waals surface area contributed by atoms with Gasteiger partial charge in [-0.15, -0.1) is 0 Å². The minimum Gasteiger partial charge on any atom is -0.493 e. The van der Waals surface area contributed by atoms with Crippen molar-refractivity contribution >= 4 is 39.9 Å². The number of piperidine rings is 1. The van der Waals surface area contributed by atoms with Gasteiger partial charge in [0.2, 0.25) is 5.91 Å². The molecule has 0 bridgehead atoms. The first-order valence-corrected chi connectivity index (χ1v) is 12.7. The standard InChI is InChI=1S/C27H27ClN6O5/c1-37-23-12-22-19(11-24(23)39-18-5-9-34(10-6-18)25(36)14-35)27(32-16-31-22)33-21-4-2-3-20(28)26(21)38-15-17-13-29-7-8-30-17/h2-4,7-8,11-13,16,18,35H,5-6,9-10,14-15H2,1H3,(H,31,32,33). The molecule has 11 nitrogen and oxygen atoms in total. The first kappa shape index (κ1) is 26.4. The number of likely N-dealkylation sites (tertiary alicyclic amines) is 1. The number of halogens is 1. The van der Waals surface area contributed by atoms with Crippen LogP contribution in [0.2, 0.25) is 5.02 Å². The largest absolute Gasteiger partial charge is 0.493 e. The van der Waals surface area contributed by atoms with Gasteiger partial charge in [0.25, 0.3) is 0 Å². The average molecular weight is 551 g/mol. The molecule has 0 radical (unpaired) electrons. The zero-order valence-corrected chi connectivity index (χ0v) is 22.0. The van der Waals surface area contributed by atoms with E-state index in [4.69, 9.17) is 30.9 Å². The quantitative estimate of drug-likeness (QED) is 0.317. The molecule has 0 atom stereocenters. The Morgan fingerprint density at radius 3 is 2.74 bits per heavy atom. The highest BCUT2D eigenvalue weighted by Crippen LogP contribution is 2.39. The van der Waals surface area contributed by atoms with Crippen LogP contribution >= 0.6 is 11.6 Å². The maximum absolute atomic E-state index is 11.8. The molecule has 0 aliphatic carbocycles. The molecule has 2 N–H and O–H groups in total. The van der Waals surface area contributed by atoms with Gasteiger partial charge in [0, 0.05) is 49.8 Å². The molecule has 5 rings (SSSR count). The number of hydrogen-bond acceptors (Lipinski definition) is 10. The lowest BCUT2D eigenvalue weighted by Gasteiger charge is -2.32. The van der Waals surface area contributed by atoms with E-state index in [0.717, 1.165) is 0 Å². The van der Waals surface area contributed by atoms with Crippen molar-refractivity contribution < 1.29 is 24.1 Å². The Labute approximate surface area is 229 Å². The van der Waals surface area contributed by atoms with Crippen molar-refractivity contribution in [3.63, 3.8) is 0 Å². The van der Waals surface area contributed by atoms with Crippen LogP contribution in [0.3, 0.4) is 0 Å². The van der Waals surface area contributed by atoms with Crippen LogP contribution in [0.1, 0.15) is 18.5 Å². The Hall–Kier alpha value is -4.22. The van der Waals surface area contributed by atoms with Crippen LogP contribution in [0.15, 0.2) is 55.2 Å². The monoisotopic (exact) mass is 550 g/mol. The minimum absolute atomic E-state index is 0.117. The lowest BCUT2D eigenvalue weighted by molar-refractivity contribution is -0.135. The van der Waals surface area contributed by atoms with Gasteiger partial charge in [-0.2, -0.15) is 0 Å². The number of nitrogens with one attached hydrogen (secondary N) is 1. The molecule has 39 heavy (non-hydrogen) atoms. The molecule has 1 amide bonds. The third kappa shape index (κ3) is 6.10. The lowest BCUT2D eigenvalue weighted by atomic mass is 10.1. The van der Waals surface area contributed by atoms with E-state index in [1.54, 1.807) is 42.7 Å². The molecule has 4 aromatic rings. The van der Waals surface area contributed by atoms with Gasteiger partial charge in [0.1, 0.15) is 31.5 Å². The molecular weight excluding hydrogens is 524 g/mol. The maximum atomic E-state index is 11.8. The molecule has 2 aromatic heterocycles. The molecule has 0 spiro atoms. The number of aliphatic hydroxyl groups is 1. The first-order chi connectivity index (χ1) is 19.1. The summed E-state index contributed by atoms with van der Waals surface area (Å²) >= 11 is 6.48. The normalized spacial score (nSPS) is 13.8. The predicted molar refractivity (Wildman–Crippen MR) is 145 cm³/mol. The number of aliphatic hydroxyl groups excluding tert-OH is 1. The van der Waals surface area contributed by atoms with E-state index in [0.29, 0.717) is 76.3 Å². The van der Waals surface area contributed by atoms with Crippen LogP contribution in [0, 0.1) is 0 Å². The van der Waals surface area contributed by atoms with E-state index in [1.807, 2.05) is 18.2 Å². The molecule has 12 heteroatoms. The number of aromatic nitrogens is 4. The summed E-state index contributed by atoms with van der Waals surface area (Å²) in [5.41, 5.74) is 1.94. The van der Waals surface area contributed by atoms with Gasteiger partial charge in [0.15, 0.2) is 17.2 Å². The van der Waals surface area contributed by atoms with Crippen molar-refractivity contribution in [2.45, 2.75) is 25.6 Å². The molecular formula is C27H27ClN6O5. The van der Waals surface area contributed by atoms with Crippen LogP contribution in [0.25, 0.3) is 10.9 Å². The van der Waals surface area contributed by atoms with Crippen LogP contribution in [0.5, 0.6) is 17.2 Å². The average Bonchev–Trinajstić information content (AvgIpc) is 2.97. The summed E-state index contributed by atoms with van der Waals surface area (Å²) < 4.78 is 17.9. The van der Waals surface area contributed by atoms with Crippen molar-refractivity contribution in [2.24, 2.45) is 0 Å². The number of hydrogen-bond donors (Lipinski definition) is 2. The highest BCUT2D eigenvalue weighted by Gasteiger charge is 2.25. The lowest BCUT2D eigenvalue weighted by Crippen LogP contribution is -2.42. The van der Waals surface area contributed by atoms with Gasteiger partial charge >= 0.3 is 0 Å². The zero-order valence-electron chi connectivity index (χ0n) is 21.2. The Kier molecular flexibility index (Phi) is 8.18. The fourth-order valence-corrected chi connectivity index (χ4v) is 4.58. The summed E-state index contributed by atoms with van der Waals surface area (Å²) in [5.74, 6) is 1.79. The van der Waals surface area contributed by atoms with Crippen LogP contribution in [0.4, 0.5) is 11.5 Å². The number of fused-ring (bicyclic) bond motifs is 1. The van der Waals surface area contributed by atoms with Crippen LogP contribution in [-0.4, -0.2) is 68.8 Å². The third-order valence-electron chi connectivity index (χ3n) is 6.35. The fourth-order valence-electron chi connectivity index (χ4n) is 4.35. The van der Waals surface area contributed by atoms with E-state index in [-0.39, 0.29) is 18.6 Å². The number of amides is 1. The second-order valence-electron chi connectivity index (χ2n) is 8.83. The molecule has 1 aliphatic heterocycles. The highest BCUT2D eigenvalue weighted by atomic mass is 35.5. The maximum Gasteiger partial charge on any atom is 0.248 e. The number of ether oxygens (including phenoxy) is 3. The summed E-state index contributed by atoms with van der Waals surface area (Å²) in [4.78, 5) is 30.6. The number of benzene rings is 2. The van der Waals surface area contributed by atoms with E-state index < -0.39 is 6.61 Å². The Morgan fingerprint density at radius 1 is 1.15 bits per heavy atom. The van der Waals surface area contributed by atoms with Gasteiger partial charge in [-0.05, 0) is 18.2 Å². The van der Waals surface area contributed by atoms with Gasteiger partial charge in [0.05, 0.1) is 35.2 Å². The second kappa shape index (κ2) is 12.1. The number of carbonyl (C=O) groups excluding carboxylic acids is 1. The van der Waals surface area contributed by atoms with E-state index in [1.165, 1.54) is 6.33 Å². The van der Waals surface area contributed by atoms with Crippen molar-refractivity contribution in [3.8, 4) is 17.2 Å². The highest BCUT2D eigenvalue weighted by molar-refractivity contribution is 6.32. The molecule has 0 saturated carbocycles. The van der Waals surface area contributed by atoms with Gasteiger partial charge in [-0.25, -0.2) is 9.97 Å².